The van der Waals surface area contributed by atoms with E-state index < -0.39 is 138 Å². The molecule has 6 heterocycles. The molecule has 1 amide bonds. The summed E-state index contributed by atoms with van der Waals surface area (Å²) in [5, 5.41) is 68.0. The Labute approximate surface area is 451 Å². The normalized spacial score (nSPS) is 40.1. The second kappa shape index (κ2) is 24.8. The van der Waals surface area contributed by atoms with Gasteiger partial charge in [-0.3, -0.25) is 14.5 Å². The van der Waals surface area contributed by atoms with Crippen LogP contribution in [0, 0.1) is 29.5 Å². The highest BCUT2D eigenvalue weighted by molar-refractivity contribution is 5.90. The first-order valence-corrected chi connectivity index (χ1v) is 27.3. The summed E-state index contributed by atoms with van der Waals surface area (Å²) in [5.41, 5.74) is -3.59. The number of Topliss-reactive ketones (excluding diaryl/α,β-unsaturated/α-hetero) is 1. The standard InChI is InChI=1S/C54H85FN6O16/c1-13-41-54(10,69)46(64)31(4)43(62)29(2)24-52(8,68)48(32(5)45(33(6)49(66)75-41)76-42-25-53(9,70-12)47(65)34(7)73-42)77-50-44(63)40(22-30(3)72-50)58(11)17-16-35-26-60(57-56-35)27-37-28-61(51(67)74-37)36-14-15-39(38(55)23-36)59-18-20-71-21-19-59/h14-15,23,26,29-34,37,40-42,44-48,50,63-65,68-69H,13,16-22,24-25,27-28H2,1-12H3/t29-,30-,31+,32+,33-,34+,37+,40+,41-,42+,44-,45+,46-,47+,48-,50+,52-,53-,54-/m1/s1. The molecule has 0 spiro atoms. The van der Waals surface area contributed by atoms with E-state index in [4.69, 9.17) is 37.9 Å². The number of morpholine rings is 1. The number of aromatic nitrogens is 3. The topological polar surface area (TPSA) is 267 Å². The number of aliphatic hydroxyl groups excluding tert-OH is 3. The van der Waals surface area contributed by atoms with Gasteiger partial charge in [-0.05, 0) is 86.1 Å². The maximum Gasteiger partial charge on any atom is 0.414 e. The van der Waals surface area contributed by atoms with Crippen molar-refractivity contribution in [2.24, 2.45) is 23.7 Å². The molecule has 77 heavy (non-hydrogen) atoms. The van der Waals surface area contributed by atoms with E-state index in [0.29, 0.717) is 62.8 Å². The fourth-order valence-electron chi connectivity index (χ4n) is 12.1. The van der Waals surface area contributed by atoms with Gasteiger partial charge in [0.15, 0.2) is 12.6 Å². The summed E-state index contributed by atoms with van der Waals surface area (Å²) in [7, 11) is 3.32. The minimum Gasteiger partial charge on any atom is -0.459 e. The number of aliphatic hydroxyl groups is 5. The van der Waals surface area contributed by atoms with Crippen molar-refractivity contribution >= 4 is 29.2 Å². The quantitative estimate of drug-likeness (QED) is 0.170. The maximum atomic E-state index is 15.2. The maximum absolute atomic E-state index is 15.2. The van der Waals surface area contributed by atoms with Gasteiger partial charge in [0, 0.05) is 69.6 Å². The molecule has 0 bridgehead atoms. The largest absolute Gasteiger partial charge is 0.459 e. The predicted molar refractivity (Wildman–Crippen MR) is 276 cm³/mol. The summed E-state index contributed by atoms with van der Waals surface area (Å²) in [5.74, 6) is -5.82. The summed E-state index contributed by atoms with van der Waals surface area (Å²) in [4.78, 5) is 46.8. The Balaban J connectivity index is 1.07. The van der Waals surface area contributed by atoms with Crippen LogP contribution < -0.4 is 9.80 Å². The van der Waals surface area contributed by atoms with Crippen molar-refractivity contribution in [3.05, 3.63) is 35.9 Å². The predicted octanol–water partition coefficient (Wildman–Crippen LogP) is 2.99. The molecule has 1 aromatic carbocycles. The summed E-state index contributed by atoms with van der Waals surface area (Å²) in [6, 6.07) is 4.18. The van der Waals surface area contributed by atoms with E-state index in [0.717, 1.165) is 0 Å². The Morgan fingerprint density at radius 2 is 1.62 bits per heavy atom. The molecule has 0 unspecified atom stereocenters. The van der Waals surface area contributed by atoms with Crippen LogP contribution in [0.5, 0.6) is 0 Å². The number of amides is 1. The number of likely N-dealkylation sites (N-methyl/N-ethyl adjacent to an activating group) is 1. The van der Waals surface area contributed by atoms with E-state index in [1.807, 2.05) is 23.8 Å². The molecule has 434 valence electrons. The van der Waals surface area contributed by atoms with E-state index in [1.165, 1.54) is 38.8 Å². The van der Waals surface area contributed by atoms with Crippen LogP contribution in [0.4, 0.5) is 20.6 Å². The van der Waals surface area contributed by atoms with E-state index in [1.54, 1.807) is 64.6 Å². The molecule has 2 aromatic rings. The Bertz CT molecular complexity index is 2320. The molecule has 5 aliphatic rings. The first kappa shape index (κ1) is 60.7. The lowest BCUT2D eigenvalue weighted by molar-refractivity contribution is -0.318. The van der Waals surface area contributed by atoms with Crippen LogP contribution in [0.15, 0.2) is 24.4 Å². The van der Waals surface area contributed by atoms with E-state index >= 15 is 4.39 Å². The SMILES string of the molecule is CC[C@H]1OC(=O)[C@H](C)[C@@H](O[C@H]2C[C@@](C)(OC)[C@@H](O)[C@H](C)O2)[C@H](C)[C@@H](O[C@@H]2O[C@H](C)C[C@H](N(C)CCc3cn(C[C@H]4CN(c5ccc(N6CCOCC6)c(F)c5)C(=O)O4)nn3)[C@H]2O)[C@](C)(O)C[C@@H](C)C(=O)[C@H](C)[C@@H](O)[C@]1(C)O. The first-order chi connectivity index (χ1) is 36.2. The Morgan fingerprint density at radius 3 is 2.29 bits per heavy atom. The van der Waals surface area contributed by atoms with Crippen LogP contribution in [-0.2, 0) is 60.4 Å². The monoisotopic (exact) mass is 1090 g/mol. The smallest absolute Gasteiger partial charge is 0.414 e. The fraction of sp³-hybridized carbons (Fsp3) is 0.796. The van der Waals surface area contributed by atoms with Crippen LogP contribution in [0.25, 0.3) is 0 Å². The lowest BCUT2D eigenvalue weighted by atomic mass is 9.74. The van der Waals surface area contributed by atoms with Gasteiger partial charge in [-0.15, -0.1) is 5.10 Å². The van der Waals surface area contributed by atoms with Gasteiger partial charge in [-0.1, -0.05) is 32.9 Å². The van der Waals surface area contributed by atoms with E-state index in [-0.39, 0.29) is 32.4 Å². The van der Waals surface area contributed by atoms with Crippen LogP contribution in [0.1, 0.15) is 101 Å². The van der Waals surface area contributed by atoms with Crippen molar-refractivity contribution in [3.8, 4) is 0 Å². The summed E-state index contributed by atoms with van der Waals surface area (Å²) in [6.07, 6.45) is -9.99. The third-order valence-corrected chi connectivity index (χ3v) is 16.9. The average Bonchev–Trinajstić information content (AvgIpc) is 4.01. The summed E-state index contributed by atoms with van der Waals surface area (Å²) < 4.78 is 65.7. The van der Waals surface area contributed by atoms with E-state index in [2.05, 4.69) is 10.3 Å². The van der Waals surface area contributed by atoms with Crippen molar-refractivity contribution in [1.29, 1.82) is 0 Å². The van der Waals surface area contributed by atoms with Crippen molar-refractivity contribution in [3.63, 3.8) is 0 Å². The fourth-order valence-corrected chi connectivity index (χ4v) is 12.1. The highest BCUT2D eigenvalue weighted by Crippen LogP contribution is 2.41. The number of cyclic esters (lactones) is 2. The summed E-state index contributed by atoms with van der Waals surface area (Å²) >= 11 is 0. The Morgan fingerprint density at radius 1 is 0.922 bits per heavy atom. The van der Waals surface area contributed by atoms with Crippen LogP contribution in [0.3, 0.4) is 0 Å². The molecule has 5 N–H and O–H groups in total. The first-order valence-electron chi connectivity index (χ1n) is 27.3. The molecule has 0 radical (unpaired) electrons. The number of nitrogens with zero attached hydrogens (tertiary/aromatic N) is 6. The van der Waals surface area contributed by atoms with E-state index in [9.17, 15) is 39.9 Å². The number of rotatable bonds is 14. The van der Waals surface area contributed by atoms with Gasteiger partial charge in [-0.25, -0.2) is 13.9 Å². The zero-order valence-electron chi connectivity index (χ0n) is 46.8. The van der Waals surface area contributed by atoms with Crippen molar-refractivity contribution in [2.75, 3.05) is 63.4 Å². The number of anilines is 2. The highest BCUT2D eigenvalue weighted by atomic mass is 19.1. The van der Waals surface area contributed by atoms with Gasteiger partial charge < -0.3 is 73.2 Å². The third kappa shape index (κ3) is 13.5. The molecule has 5 fully saturated rings. The molecule has 23 heteroatoms. The average molecular weight is 1090 g/mol. The molecule has 0 saturated carbocycles. The number of methoxy groups -OCH3 is 1. The molecule has 7 rings (SSSR count). The van der Waals surface area contributed by atoms with Crippen molar-refractivity contribution < 1.29 is 82.2 Å². The number of esters is 1. The van der Waals surface area contributed by atoms with Crippen LogP contribution in [0.2, 0.25) is 0 Å². The van der Waals surface area contributed by atoms with Crippen LogP contribution >= 0.6 is 0 Å². The number of carbonyl (C=O) groups is 3. The zero-order valence-corrected chi connectivity index (χ0v) is 46.8. The number of hydrogen-bond donors (Lipinski definition) is 5. The lowest BCUT2D eigenvalue weighted by Gasteiger charge is -2.49. The Hall–Kier alpha value is -3.98. The number of halogens is 1. The molecule has 5 aliphatic heterocycles. The second-order valence-electron chi connectivity index (χ2n) is 23.0. The molecular weight excluding hydrogens is 1010 g/mol. The van der Waals surface area contributed by atoms with Crippen molar-refractivity contribution in [2.45, 2.75) is 198 Å². The molecule has 0 aliphatic carbocycles. The lowest BCUT2D eigenvalue weighted by Crippen LogP contribution is -2.61. The number of ether oxygens (including phenoxy) is 8. The van der Waals surface area contributed by atoms with Gasteiger partial charge in [0.2, 0.25) is 0 Å². The van der Waals surface area contributed by atoms with Gasteiger partial charge in [-0.2, -0.15) is 0 Å². The zero-order chi connectivity index (χ0) is 56.5. The molecule has 19 atom stereocenters. The number of ketones is 1. The molecule has 22 nitrogen and oxygen atoms in total. The van der Waals surface area contributed by atoms with Gasteiger partial charge in [0.1, 0.15) is 41.6 Å². The number of hydrogen-bond acceptors (Lipinski definition) is 20. The van der Waals surface area contributed by atoms with Gasteiger partial charge in [0.25, 0.3) is 0 Å². The second-order valence-corrected chi connectivity index (χ2v) is 23.0. The number of benzene rings is 1. The highest BCUT2D eigenvalue weighted by Gasteiger charge is 2.54. The Kier molecular flexibility index (Phi) is 19.5. The minimum atomic E-state index is -2.05. The third-order valence-electron chi connectivity index (χ3n) is 16.9. The van der Waals surface area contributed by atoms with Gasteiger partial charge >= 0.3 is 12.1 Å². The van der Waals surface area contributed by atoms with Crippen LogP contribution in [-0.4, -0.2) is 207 Å². The van der Waals surface area contributed by atoms with Crippen molar-refractivity contribution in [1.82, 2.24) is 19.9 Å². The minimum absolute atomic E-state index is 0.0417. The molecule has 5 saturated heterocycles. The van der Waals surface area contributed by atoms with Gasteiger partial charge in [0.05, 0.1) is 91.0 Å². The number of carbonyl (C=O) groups excluding carboxylic acids is 3. The molecule has 1 aromatic heterocycles. The summed E-state index contributed by atoms with van der Waals surface area (Å²) in [6.45, 7) is 19.1. The molecular formula is C54H85FN6O16.